The predicted octanol–water partition coefficient (Wildman–Crippen LogP) is 3.14. The summed E-state index contributed by atoms with van der Waals surface area (Å²) in [6.07, 6.45) is 1.67. The Bertz CT molecular complexity index is 243. The first-order valence-corrected chi connectivity index (χ1v) is 4.82. The molecule has 0 aromatic heterocycles. The fourth-order valence-corrected chi connectivity index (χ4v) is 2.09. The van der Waals surface area contributed by atoms with E-state index in [1.807, 2.05) is 13.8 Å². The average molecular weight is 228 g/mol. The van der Waals surface area contributed by atoms with Crippen molar-refractivity contribution in [1.82, 2.24) is 0 Å². The lowest BCUT2D eigenvalue weighted by Crippen LogP contribution is -1.96. The van der Waals surface area contributed by atoms with Gasteiger partial charge in [0.25, 0.3) is 0 Å². The van der Waals surface area contributed by atoms with Crippen LogP contribution in [0.15, 0.2) is 11.6 Å². The van der Waals surface area contributed by atoms with Crippen molar-refractivity contribution in [3.05, 3.63) is 11.6 Å². The Morgan fingerprint density at radius 3 is 2.33 bits per heavy atom. The Labute approximate surface area is 86.7 Å². The summed E-state index contributed by atoms with van der Waals surface area (Å²) in [4.78, 5) is 10.3. The first-order chi connectivity index (χ1) is 5.37. The van der Waals surface area contributed by atoms with E-state index in [-0.39, 0.29) is 16.6 Å². The Morgan fingerprint density at radius 2 is 2.08 bits per heavy atom. The van der Waals surface area contributed by atoms with E-state index in [1.54, 1.807) is 6.08 Å². The third-order valence-electron chi connectivity index (χ3n) is 2.23. The molecule has 0 N–H and O–H groups in total. The molecule has 0 aromatic carbocycles. The number of carbonyl (C=O) groups is 1. The number of halogens is 3. The Morgan fingerprint density at radius 1 is 1.58 bits per heavy atom. The molecule has 0 radical (unpaired) electrons. The summed E-state index contributed by atoms with van der Waals surface area (Å²) in [5.41, 5.74) is 0.790. The van der Waals surface area contributed by atoms with Crippen LogP contribution in [0.5, 0.6) is 0 Å². The van der Waals surface area contributed by atoms with Gasteiger partial charge in [-0.05, 0) is 11.6 Å². The normalized spacial score (nSPS) is 29.5. The molecule has 12 heavy (non-hydrogen) atoms. The first-order valence-electron chi connectivity index (χ1n) is 3.57. The summed E-state index contributed by atoms with van der Waals surface area (Å²) in [6.45, 7) is 3.89. The molecule has 1 unspecified atom stereocenters. The van der Waals surface area contributed by atoms with E-state index in [4.69, 9.17) is 34.8 Å². The Balaban J connectivity index is 2.79. The van der Waals surface area contributed by atoms with E-state index in [2.05, 4.69) is 0 Å². The quantitative estimate of drug-likeness (QED) is 0.402. The van der Waals surface area contributed by atoms with Gasteiger partial charge in [0.15, 0.2) is 0 Å². The number of rotatable bonds is 2. The Kier molecular flexibility index (Phi) is 2.77. The van der Waals surface area contributed by atoms with Gasteiger partial charge in [-0.2, -0.15) is 0 Å². The van der Waals surface area contributed by atoms with Crippen molar-refractivity contribution in [2.45, 2.75) is 18.7 Å². The van der Waals surface area contributed by atoms with Crippen LogP contribution in [0, 0.1) is 11.3 Å². The molecule has 0 heterocycles. The zero-order chi connectivity index (χ0) is 9.52. The van der Waals surface area contributed by atoms with Crippen molar-refractivity contribution in [2.75, 3.05) is 0 Å². The van der Waals surface area contributed by atoms with Gasteiger partial charge in [0.05, 0.1) is 5.92 Å². The number of allylic oxidation sites excluding steroid dienone is 2. The number of hydrogen-bond acceptors (Lipinski definition) is 1. The average Bonchev–Trinajstić information content (AvgIpc) is 2.32. The van der Waals surface area contributed by atoms with Gasteiger partial charge in [-0.1, -0.05) is 25.5 Å². The Hall–Kier alpha value is 0.280. The van der Waals surface area contributed by atoms with E-state index < -0.39 is 4.84 Å². The molecule has 1 atom stereocenters. The van der Waals surface area contributed by atoms with E-state index in [0.717, 1.165) is 5.57 Å². The monoisotopic (exact) mass is 226 g/mol. The molecule has 1 rings (SSSR count). The van der Waals surface area contributed by atoms with Gasteiger partial charge in [0.2, 0.25) is 5.24 Å². The molecule has 1 saturated carbocycles. The summed E-state index contributed by atoms with van der Waals surface area (Å²) in [7, 11) is 0. The molecule has 1 nitrogen and oxygen atoms in total. The third kappa shape index (κ3) is 1.78. The number of carbonyl (C=O) groups excluding carboxylic acids is 1. The van der Waals surface area contributed by atoms with Crippen molar-refractivity contribution >= 4 is 40.0 Å². The number of hydrogen-bond donors (Lipinski definition) is 0. The lowest BCUT2D eigenvalue weighted by atomic mass is 10.1. The second-order valence-corrected chi connectivity index (χ2v) is 4.95. The third-order valence-corrected chi connectivity index (χ3v) is 2.70. The highest BCUT2D eigenvalue weighted by molar-refractivity contribution is 6.65. The largest absolute Gasteiger partial charge is 0.281 e. The second-order valence-electron chi connectivity index (χ2n) is 3.42. The highest BCUT2D eigenvalue weighted by atomic mass is 35.5. The highest BCUT2D eigenvalue weighted by Crippen LogP contribution is 2.59. The fraction of sp³-hybridized carbons (Fsp3) is 0.625. The zero-order valence-corrected chi connectivity index (χ0v) is 9.04. The summed E-state index contributed by atoms with van der Waals surface area (Å²) < 4.78 is 0. The molecular weight excluding hydrogens is 218 g/mol. The second kappa shape index (κ2) is 3.21. The van der Waals surface area contributed by atoms with E-state index in [9.17, 15) is 4.79 Å². The van der Waals surface area contributed by atoms with Crippen molar-refractivity contribution in [3.63, 3.8) is 0 Å². The summed E-state index contributed by atoms with van der Waals surface area (Å²) in [5.74, 6) is -0.195. The minimum Gasteiger partial charge on any atom is -0.281 e. The molecule has 0 aromatic rings. The molecule has 0 amide bonds. The molecule has 1 aliphatic rings. The molecule has 0 aliphatic heterocycles. The molecule has 0 bridgehead atoms. The maximum atomic E-state index is 10.9. The van der Waals surface area contributed by atoms with Crippen LogP contribution in [0.25, 0.3) is 0 Å². The molecule has 4 heteroatoms. The lowest BCUT2D eigenvalue weighted by molar-refractivity contribution is -0.113. The van der Waals surface area contributed by atoms with Crippen LogP contribution in [0.4, 0.5) is 0 Å². The molecule has 68 valence electrons. The van der Waals surface area contributed by atoms with Crippen molar-refractivity contribution in [3.8, 4) is 0 Å². The highest BCUT2D eigenvalue weighted by Gasteiger charge is 2.56. The van der Waals surface area contributed by atoms with Gasteiger partial charge in [0, 0.05) is 5.41 Å². The molecule has 1 aliphatic carbocycles. The van der Waals surface area contributed by atoms with Crippen molar-refractivity contribution < 1.29 is 4.79 Å². The zero-order valence-electron chi connectivity index (χ0n) is 6.77. The molecule has 0 saturated heterocycles. The smallest absolute Gasteiger partial charge is 0.229 e. The van der Waals surface area contributed by atoms with Crippen molar-refractivity contribution in [2.24, 2.45) is 11.3 Å². The van der Waals surface area contributed by atoms with Crippen LogP contribution >= 0.6 is 34.8 Å². The van der Waals surface area contributed by atoms with Crippen LogP contribution in [0.1, 0.15) is 13.8 Å². The van der Waals surface area contributed by atoms with Gasteiger partial charge in [0.1, 0.15) is 4.84 Å². The molecule has 1 fully saturated rings. The summed E-state index contributed by atoms with van der Waals surface area (Å²) in [5, 5.41) is -0.333. The maximum absolute atomic E-state index is 10.9. The van der Waals surface area contributed by atoms with Gasteiger partial charge >= 0.3 is 0 Å². The predicted molar refractivity (Wildman–Crippen MR) is 51.7 cm³/mol. The fourth-order valence-electron chi connectivity index (χ4n) is 1.43. The standard InChI is InChI=1S/C8H9Cl3O/c1-8(2)4(3-5(9)10)6(8)7(11)12/h3,5-6H,1-2H3. The van der Waals surface area contributed by atoms with Gasteiger partial charge in [-0.15, -0.1) is 23.2 Å². The molecule has 0 spiro atoms. The van der Waals surface area contributed by atoms with Crippen LogP contribution in [-0.4, -0.2) is 10.1 Å². The lowest BCUT2D eigenvalue weighted by Gasteiger charge is -1.94. The van der Waals surface area contributed by atoms with Crippen molar-refractivity contribution in [1.29, 1.82) is 0 Å². The maximum Gasteiger partial charge on any atom is 0.229 e. The van der Waals surface area contributed by atoms with Crippen LogP contribution in [0.3, 0.4) is 0 Å². The van der Waals surface area contributed by atoms with Crippen LogP contribution in [0.2, 0.25) is 0 Å². The van der Waals surface area contributed by atoms with E-state index in [0.29, 0.717) is 0 Å². The minimum atomic E-state index is -0.555. The SMILES string of the molecule is CC1(C)C(=CC(Cl)Cl)C1C(=O)Cl. The van der Waals surface area contributed by atoms with Gasteiger partial charge in [-0.3, -0.25) is 4.79 Å². The van der Waals surface area contributed by atoms with E-state index >= 15 is 0 Å². The minimum absolute atomic E-state index is 0.152. The summed E-state index contributed by atoms with van der Waals surface area (Å²) in [6, 6.07) is 0. The molecular formula is C8H9Cl3O. The first kappa shape index (κ1) is 10.4. The van der Waals surface area contributed by atoms with E-state index in [1.165, 1.54) is 0 Å². The summed E-state index contributed by atoms with van der Waals surface area (Å²) >= 11 is 16.5. The van der Waals surface area contributed by atoms with Gasteiger partial charge in [-0.25, -0.2) is 0 Å². The van der Waals surface area contributed by atoms with Gasteiger partial charge < -0.3 is 0 Å². The number of alkyl halides is 2. The topological polar surface area (TPSA) is 17.1 Å². The van der Waals surface area contributed by atoms with Crippen LogP contribution < -0.4 is 0 Å². The van der Waals surface area contributed by atoms with Crippen LogP contribution in [-0.2, 0) is 4.79 Å².